The van der Waals surface area contributed by atoms with Gasteiger partial charge in [-0.1, -0.05) is 31.2 Å². The highest BCUT2D eigenvalue weighted by atomic mass is 127. The highest BCUT2D eigenvalue weighted by molar-refractivity contribution is 14.1. The van der Waals surface area contributed by atoms with Gasteiger partial charge in [0.15, 0.2) is 0 Å². The maximum atomic E-state index is 6.22. The molecule has 0 saturated carbocycles. The molecule has 3 nitrogen and oxygen atoms in total. The summed E-state index contributed by atoms with van der Waals surface area (Å²) >= 11 is 2.28. The molecule has 0 bridgehead atoms. The summed E-state index contributed by atoms with van der Waals surface area (Å²) in [7, 11) is 0. The molecule has 1 aromatic heterocycles. The van der Waals surface area contributed by atoms with E-state index in [4.69, 9.17) is 5.73 Å². The van der Waals surface area contributed by atoms with Crippen LogP contribution in [0.25, 0.3) is 0 Å². The predicted molar refractivity (Wildman–Crippen MR) is 86.3 cm³/mol. The fraction of sp³-hybridized carbons (Fsp3) is 0.400. The highest BCUT2D eigenvalue weighted by Gasteiger charge is 2.28. The van der Waals surface area contributed by atoms with E-state index in [9.17, 15) is 0 Å². The van der Waals surface area contributed by atoms with Crippen LogP contribution in [0, 0.1) is 10.5 Å². The van der Waals surface area contributed by atoms with Crippen LogP contribution >= 0.6 is 22.6 Å². The quantitative estimate of drug-likeness (QED) is 0.778. The zero-order valence-corrected chi connectivity index (χ0v) is 13.4. The predicted octanol–water partition coefficient (Wildman–Crippen LogP) is 3.87. The lowest BCUT2D eigenvalue weighted by Gasteiger charge is -2.30. The number of benzene rings is 1. The maximum Gasteiger partial charge on any atom is 0.136 e. The first kappa shape index (κ1) is 13.0. The molecule has 2 aromatic rings. The molecule has 100 valence electrons. The molecule has 0 spiro atoms. The third-order valence-corrected chi connectivity index (χ3v) is 5.43. The average Bonchev–Trinajstić information content (AvgIpc) is 2.67. The summed E-state index contributed by atoms with van der Waals surface area (Å²) in [6.07, 6.45) is 2.30. The van der Waals surface area contributed by atoms with Crippen molar-refractivity contribution in [2.75, 3.05) is 5.73 Å². The number of nitrogens with zero attached hydrogens (tertiary/aromatic N) is 2. The second-order valence-electron chi connectivity index (χ2n) is 5.35. The van der Waals surface area contributed by atoms with Gasteiger partial charge in [-0.25, -0.2) is 4.68 Å². The van der Waals surface area contributed by atoms with Crippen molar-refractivity contribution in [1.29, 1.82) is 0 Å². The summed E-state index contributed by atoms with van der Waals surface area (Å²) in [5.41, 5.74) is 10.1. The van der Waals surface area contributed by atoms with E-state index in [-0.39, 0.29) is 6.04 Å². The van der Waals surface area contributed by atoms with Crippen molar-refractivity contribution in [2.24, 2.45) is 0 Å². The first-order valence-electron chi connectivity index (χ1n) is 6.68. The number of anilines is 1. The maximum absolute atomic E-state index is 6.22. The van der Waals surface area contributed by atoms with Crippen LogP contribution in [0.5, 0.6) is 0 Å². The Morgan fingerprint density at radius 2 is 1.95 bits per heavy atom. The Bertz CT molecular complexity index is 618. The molecule has 2 atom stereocenters. The molecule has 1 aromatic carbocycles. The van der Waals surface area contributed by atoms with Gasteiger partial charge in [-0.15, -0.1) is 0 Å². The number of nitrogen functional groups attached to an aromatic ring is 1. The van der Waals surface area contributed by atoms with Crippen molar-refractivity contribution in [2.45, 2.75) is 38.6 Å². The summed E-state index contributed by atoms with van der Waals surface area (Å²) in [5, 5.41) is 4.64. The van der Waals surface area contributed by atoms with Gasteiger partial charge in [-0.2, -0.15) is 5.10 Å². The Morgan fingerprint density at radius 1 is 1.26 bits per heavy atom. The van der Waals surface area contributed by atoms with Gasteiger partial charge in [0, 0.05) is 0 Å². The van der Waals surface area contributed by atoms with Gasteiger partial charge in [-0.3, -0.25) is 0 Å². The molecule has 0 amide bonds. The van der Waals surface area contributed by atoms with Crippen molar-refractivity contribution in [3.05, 3.63) is 44.7 Å². The van der Waals surface area contributed by atoms with Gasteiger partial charge in [0.1, 0.15) is 5.82 Å². The Hall–Kier alpha value is -1.04. The van der Waals surface area contributed by atoms with Crippen LogP contribution in [0.2, 0.25) is 0 Å². The summed E-state index contributed by atoms with van der Waals surface area (Å²) in [6.45, 7) is 4.32. The molecule has 3 rings (SSSR count). The van der Waals surface area contributed by atoms with Crippen molar-refractivity contribution in [1.82, 2.24) is 9.78 Å². The van der Waals surface area contributed by atoms with Crippen molar-refractivity contribution < 1.29 is 0 Å². The first-order valence-corrected chi connectivity index (χ1v) is 7.76. The molecule has 4 heteroatoms. The van der Waals surface area contributed by atoms with Crippen molar-refractivity contribution >= 4 is 28.4 Å². The van der Waals surface area contributed by atoms with Crippen LogP contribution in [0.4, 0.5) is 5.82 Å². The number of hydrogen-bond donors (Lipinski definition) is 1. The number of aryl methyl sites for hydroxylation is 1. The third kappa shape index (κ3) is 2.06. The fourth-order valence-corrected chi connectivity index (χ4v) is 3.37. The number of hydrogen-bond acceptors (Lipinski definition) is 2. The summed E-state index contributed by atoms with van der Waals surface area (Å²) in [6, 6.07) is 8.98. The fourth-order valence-electron chi connectivity index (χ4n) is 3.02. The lowest BCUT2D eigenvalue weighted by atomic mass is 9.81. The molecule has 2 N–H and O–H groups in total. The van der Waals surface area contributed by atoms with Gasteiger partial charge in [0.25, 0.3) is 0 Å². The highest BCUT2D eigenvalue weighted by Crippen LogP contribution is 2.40. The van der Waals surface area contributed by atoms with Gasteiger partial charge in [-0.05, 0) is 59.4 Å². The summed E-state index contributed by atoms with van der Waals surface area (Å²) in [5.74, 6) is 1.43. The summed E-state index contributed by atoms with van der Waals surface area (Å²) < 4.78 is 3.09. The molecule has 19 heavy (non-hydrogen) atoms. The van der Waals surface area contributed by atoms with E-state index in [0.717, 1.165) is 21.5 Å². The lowest BCUT2D eigenvalue weighted by Crippen LogP contribution is -2.21. The monoisotopic (exact) mass is 367 g/mol. The van der Waals surface area contributed by atoms with Crippen molar-refractivity contribution in [3.8, 4) is 0 Å². The van der Waals surface area contributed by atoms with Crippen LogP contribution in [0.3, 0.4) is 0 Å². The van der Waals surface area contributed by atoms with Crippen molar-refractivity contribution in [3.63, 3.8) is 0 Å². The molecule has 0 aliphatic heterocycles. The molecule has 2 unspecified atom stereocenters. The second kappa shape index (κ2) is 4.81. The number of halogens is 1. The van der Waals surface area contributed by atoms with E-state index < -0.39 is 0 Å². The van der Waals surface area contributed by atoms with Crippen LogP contribution in [-0.4, -0.2) is 9.78 Å². The molecular formula is C15H18IN3. The van der Waals surface area contributed by atoms with Gasteiger partial charge >= 0.3 is 0 Å². The van der Waals surface area contributed by atoms with E-state index in [0.29, 0.717) is 5.92 Å². The largest absolute Gasteiger partial charge is 0.383 e. The normalized spacial score (nSPS) is 22.3. The topological polar surface area (TPSA) is 43.8 Å². The van der Waals surface area contributed by atoms with Crippen LogP contribution in [0.1, 0.15) is 48.5 Å². The zero-order valence-electron chi connectivity index (χ0n) is 11.2. The standard InChI is InChI=1S/C15H18IN3/c1-9-7-8-13(12-6-4-3-5-11(9)12)19-15(17)14(16)10(2)18-19/h3-6,9,13H,7-8,17H2,1-2H3. The Kier molecular flexibility index (Phi) is 3.28. The van der Waals surface area contributed by atoms with Crippen LogP contribution in [0.15, 0.2) is 24.3 Å². The Morgan fingerprint density at radius 3 is 2.58 bits per heavy atom. The molecule has 1 aliphatic carbocycles. The molecule has 0 saturated heterocycles. The van der Waals surface area contributed by atoms with Crippen LogP contribution in [-0.2, 0) is 0 Å². The van der Waals surface area contributed by atoms with E-state index >= 15 is 0 Å². The third-order valence-electron chi connectivity index (χ3n) is 4.10. The van der Waals surface area contributed by atoms with E-state index in [2.05, 4.69) is 58.9 Å². The average molecular weight is 367 g/mol. The summed E-state index contributed by atoms with van der Waals surface area (Å²) in [4.78, 5) is 0. The minimum atomic E-state index is 0.287. The molecule has 0 radical (unpaired) electrons. The molecular weight excluding hydrogens is 349 g/mol. The molecule has 1 aliphatic rings. The zero-order chi connectivity index (χ0) is 13.6. The Labute approximate surface area is 127 Å². The van der Waals surface area contributed by atoms with E-state index in [1.807, 2.05) is 11.6 Å². The minimum absolute atomic E-state index is 0.287. The second-order valence-corrected chi connectivity index (χ2v) is 6.43. The number of rotatable bonds is 1. The van der Waals surface area contributed by atoms with Gasteiger partial charge < -0.3 is 5.73 Å². The number of nitrogens with two attached hydrogens (primary N) is 1. The number of aromatic nitrogens is 2. The van der Waals surface area contributed by atoms with Gasteiger partial charge in [0.05, 0.1) is 15.3 Å². The molecule has 0 fully saturated rings. The molecule has 1 heterocycles. The Balaban J connectivity index is 2.12. The SMILES string of the molecule is Cc1nn(C2CCC(C)c3ccccc32)c(N)c1I. The lowest BCUT2D eigenvalue weighted by molar-refractivity contribution is 0.427. The van der Waals surface area contributed by atoms with Crippen LogP contribution < -0.4 is 5.73 Å². The van der Waals surface area contributed by atoms with E-state index in [1.165, 1.54) is 17.5 Å². The minimum Gasteiger partial charge on any atom is -0.383 e. The first-order chi connectivity index (χ1) is 9.09. The van der Waals surface area contributed by atoms with E-state index in [1.54, 1.807) is 0 Å². The number of fused-ring (bicyclic) bond motifs is 1. The van der Waals surface area contributed by atoms with Gasteiger partial charge in [0.2, 0.25) is 0 Å². The smallest absolute Gasteiger partial charge is 0.136 e.